The Bertz CT molecular complexity index is 3260. The Morgan fingerprint density at radius 3 is 1.00 bits per heavy atom. The average Bonchev–Trinajstić information content (AvgIpc) is 4.09. The largest absolute Gasteiger partial charge is 0.354 e. The molecule has 2 aliphatic heterocycles. The lowest BCUT2D eigenvalue weighted by Gasteiger charge is -2.14. The molecule has 0 unspecified atom stereocenters. The number of aryl methyl sites for hydroxylation is 6. The van der Waals surface area contributed by atoms with Crippen molar-refractivity contribution in [1.82, 2.24) is 19.9 Å². The van der Waals surface area contributed by atoms with Gasteiger partial charge in [0.15, 0.2) is 0 Å². The molecule has 0 saturated heterocycles. The molecule has 4 nitrogen and oxygen atoms in total. The van der Waals surface area contributed by atoms with E-state index in [9.17, 15) is 0 Å². The molecule has 0 aliphatic carbocycles. The van der Waals surface area contributed by atoms with Crippen molar-refractivity contribution in [3.05, 3.63) is 164 Å². The van der Waals surface area contributed by atoms with Crippen LogP contribution in [0.2, 0.25) is 39.3 Å². The second-order valence-corrected chi connectivity index (χ2v) is 29.7. The van der Waals surface area contributed by atoms with Gasteiger partial charge in [0.1, 0.15) is 16.1 Å². The van der Waals surface area contributed by atoms with Gasteiger partial charge < -0.3 is 9.97 Å². The maximum Gasteiger partial charge on any atom is 0.129 e. The van der Waals surface area contributed by atoms with Crippen LogP contribution in [-0.2, 0) is 0 Å². The van der Waals surface area contributed by atoms with Crippen molar-refractivity contribution < 1.29 is 0 Å². The molecule has 0 atom stereocenters. The summed E-state index contributed by atoms with van der Waals surface area (Å²) in [5.74, 6) is 6.91. The van der Waals surface area contributed by atoms with E-state index in [0.29, 0.717) is 0 Å². The van der Waals surface area contributed by atoms with Crippen LogP contribution >= 0.6 is 0 Å². The van der Waals surface area contributed by atoms with E-state index in [0.717, 1.165) is 94.9 Å². The summed E-state index contributed by atoms with van der Waals surface area (Å²) in [6.45, 7) is 26.9. The molecule has 326 valence electrons. The van der Waals surface area contributed by atoms with Crippen molar-refractivity contribution in [3.63, 3.8) is 0 Å². The molecule has 0 amide bonds. The molecule has 2 N–H and O–H groups in total. The Balaban J connectivity index is 1.43. The van der Waals surface area contributed by atoms with Crippen molar-refractivity contribution >= 4 is 62.5 Å². The molecule has 0 fully saturated rings. The third kappa shape index (κ3) is 9.00. The summed E-state index contributed by atoms with van der Waals surface area (Å²) in [7, 11) is -3.10. The number of nitrogens with one attached hydrogen (secondary N) is 2. The summed E-state index contributed by atoms with van der Waals surface area (Å²) in [5.41, 5.74) is 32.6. The highest BCUT2D eigenvalue weighted by Gasteiger charge is 2.22. The summed E-state index contributed by atoms with van der Waals surface area (Å²) >= 11 is 0. The molecule has 66 heavy (non-hydrogen) atoms. The third-order valence-electron chi connectivity index (χ3n) is 12.1. The lowest BCUT2D eigenvalue weighted by Crippen LogP contribution is -2.16. The first-order valence-corrected chi connectivity index (χ1v) is 30.0. The van der Waals surface area contributed by atoms with Crippen molar-refractivity contribution in [3.8, 4) is 67.4 Å². The molecule has 7 aromatic rings. The van der Waals surface area contributed by atoms with Gasteiger partial charge in [-0.2, -0.15) is 0 Å². The van der Waals surface area contributed by atoms with Crippen LogP contribution in [0.5, 0.6) is 0 Å². The molecule has 6 heteroatoms. The van der Waals surface area contributed by atoms with Crippen LogP contribution in [0.25, 0.3) is 90.9 Å². The van der Waals surface area contributed by atoms with Gasteiger partial charge in [-0.25, -0.2) is 9.97 Å². The molecule has 0 saturated carbocycles. The molecule has 8 bridgehead atoms. The topological polar surface area (TPSA) is 57.4 Å². The van der Waals surface area contributed by atoms with E-state index >= 15 is 0 Å². The SMILES string of the molecule is Cc1cc(C)c(-c2c3nc(c(-c4ccc(C#C[Si](C)(C)C)cc4)c4ccc([nH]4)c(-c4c(C)cc(C)cc4C)c4ccc([nH]4)c(-c4ccc(C#C[Si](C)(C)C)cc4)c4nc2C=C4)C=C3)c(C)c1. The highest BCUT2D eigenvalue weighted by atomic mass is 28.3. The fourth-order valence-corrected chi connectivity index (χ4v) is 10.5. The van der Waals surface area contributed by atoms with Crippen LogP contribution in [0.1, 0.15) is 67.3 Å². The van der Waals surface area contributed by atoms with Gasteiger partial charge in [-0.05, 0) is 159 Å². The Morgan fingerprint density at radius 1 is 0.364 bits per heavy atom. The minimum atomic E-state index is -1.55. The van der Waals surface area contributed by atoms with Gasteiger partial charge in [0.05, 0.1) is 22.8 Å². The van der Waals surface area contributed by atoms with E-state index in [-0.39, 0.29) is 0 Å². The Hall–Kier alpha value is -6.97. The van der Waals surface area contributed by atoms with Gasteiger partial charge in [-0.15, -0.1) is 11.1 Å². The fourth-order valence-electron chi connectivity index (χ4n) is 9.45. The number of hydrogen-bond donors (Lipinski definition) is 2. The van der Waals surface area contributed by atoms with Gasteiger partial charge >= 0.3 is 0 Å². The average molecular weight is 891 g/mol. The van der Waals surface area contributed by atoms with Gasteiger partial charge in [-0.3, -0.25) is 0 Å². The lowest BCUT2D eigenvalue weighted by molar-refractivity contribution is 1.25. The first-order valence-electron chi connectivity index (χ1n) is 23.0. The first-order chi connectivity index (χ1) is 31.4. The number of rotatable bonds is 4. The minimum absolute atomic E-state index is 0.880. The maximum atomic E-state index is 5.58. The third-order valence-corrected chi connectivity index (χ3v) is 13.9. The molecule has 4 aromatic carbocycles. The van der Waals surface area contributed by atoms with Crippen LogP contribution in [0, 0.1) is 64.5 Å². The van der Waals surface area contributed by atoms with Gasteiger partial charge in [-0.1, -0.05) is 111 Å². The van der Waals surface area contributed by atoms with Gasteiger partial charge in [0, 0.05) is 55.4 Å². The summed E-state index contributed by atoms with van der Waals surface area (Å²) in [6, 6.07) is 35.3. The van der Waals surface area contributed by atoms with E-state index < -0.39 is 16.1 Å². The number of fused-ring (bicyclic) bond motifs is 8. The predicted octanol–water partition coefficient (Wildman–Crippen LogP) is 15.6. The standard InChI is InChI=1S/C60H58N4Si2/c1-37-33-39(3)55(40(4)34-37)59-51-25-21-47(61-51)57(45-17-13-43(14-18-45)29-31-65(7,8)9)49-23-27-53(63-49)60(56-41(5)35-38(2)36-42(56)6)54-28-24-50(64-54)58(48-22-26-52(59)62-48)46-19-15-44(16-20-46)30-32-66(10,11)12/h13-28,33-36,61-62H,1-12H3. The van der Waals surface area contributed by atoms with Crippen molar-refractivity contribution in [2.45, 2.75) is 80.8 Å². The minimum Gasteiger partial charge on any atom is -0.354 e. The molecule has 2 aliphatic rings. The number of aromatic amines is 2. The van der Waals surface area contributed by atoms with Gasteiger partial charge in [0.25, 0.3) is 0 Å². The van der Waals surface area contributed by atoms with E-state index in [2.05, 4.69) is 235 Å². The molecule has 5 heterocycles. The molecule has 3 aromatic heterocycles. The molecule has 0 radical (unpaired) electrons. The van der Waals surface area contributed by atoms with Crippen LogP contribution in [-0.4, -0.2) is 36.1 Å². The summed E-state index contributed by atoms with van der Waals surface area (Å²) in [5, 5.41) is 0. The number of benzene rings is 4. The number of hydrogen-bond acceptors (Lipinski definition) is 2. The van der Waals surface area contributed by atoms with Crippen LogP contribution in [0.15, 0.2) is 97.1 Å². The molecular weight excluding hydrogens is 833 g/mol. The number of aromatic nitrogens is 4. The summed E-state index contributed by atoms with van der Waals surface area (Å²) < 4.78 is 0. The van der Waals surface area contributed by atoms with E-state index in [1.54, 1.807) is 0 Å². The van der Waals surface area contributed by atoms with Crippen LogP contribution in [0.3, 0.4) is 0 Å². The predicted molar refractivity (Wildman–Crippen MR) is 289 cm³/mol. The Morgan fingerprint density at radius 2 is 0.667 bits per heavy atom. The van der Waals surface area contributed by atoms with E-state index in [1.807, 2.05) is 0 Å². The first kappa shape index (κ1) is 44.2. The van der Waals surface area contributed by atoms with Crippen LogP contribution < -0.4 is 0 Å². The summed E-state index contributed by atoms with van der Waals surface area (Å²) in [4.78, 5) is 19.1. The fraction of sp³-hybridized carbons (Fsp3) is 0.200. The molecular formula is C60H58N4Si2. The molecule has 0 spiro atoms. The van der Waals surface area contributed by atoms with E-state index in [4.69, 9.17) is 9.97 Å². The normalized spacial score (nSPS) is 12.2. The zero-order valence-corrected chi connectivity index (χ0v) is 42.4. The zero-order valence-electron chi connectivity index (χ0n) is 40.4. The van der Waals surface area contributed by atoms with Crippen molar-refractivity contribution in [2.24, 2.45) is 0 Å². The Kier molecular flexibility index (Phi) is 11.5. The van der Waals surface area contributed by atoms with Crippen molar-refractivity contribution in [1.29, 1.82) is 0 Å². The van der Waals surface area contributed by atoms with Crippen molar-refractivity contribution in [2.75, 3.05) is 0 Å². The monoisotopic (exact) mass is 890 g/mol. The zero-order chi connectivity index (χ0) is 46.7. The molecule has 9 rings (SSSR count). The highest BCUT2D eigenvalue weighted by molar-refractivity contribution is 6.84. The second kappa shape index (κ2) is 17.1. The second-order valence-electron chi connectivity index (χ2n) is 20.2. The van der Waals surface area contributed by atoms with E-state index in [1.165, 1.54) is 38.9 Å². The maximum absolute atomic E-state index is 5.58. The number of H-pyrrole nitrogens is 2. The summed E-state index contributed by atoms with van der Waals surface area (Å²) in [6.07, 6.45) is 8.69. The number of nitrogens with zero attached hydrogens (tertiary/aromatic N) is 2. The highest BCUT2D eigenvalue weighted by Crippen LogP contribution is 2.41. The lowest BCUT2D eigenvalue weighted by atomic mass is 9.92. The van der Waals surface area contributed by atoms with Crippen LogP contribution in [0.4, 0.5) is 0 Å². The quantitative estimate of drug-likeness (QED) is 0.137. The smallest absolute Gasteiger partial charge is 0.129 e. The van der Waals surface area contributed by atoms with Gasteiger partial charge in [0.2, 0.25) is 0 Å². The Labute approximate surface area is 393 Å².